The van der Waals surface area contributed by atoms with E-state index in [-0.39, 0.29) is 24.7 Å². The molecule has 154 valence electrons. The molecule has 0 saturated carbocycles. The SMILES string of the molecule is CC(=O)NC[C@H]1CN(c2ccc(N=CNNCc3ccc(Cl)o3)c(F)c2)C(=O)O1. The number of carbonyl (C=O) groups excluding carboxylic acids is 2. The fourth-order valence-electron chi connectivity index (χ4n) is 2.60. The molecule has 11 heteroatoms. The van der Waals surface area contributed by atoms with Crippen molar-refractivity contribution in [1.82, 2.24) is 16.2 Å². The van der Waals surface area contributed by atoms with Gasteiger partial charge in [-0.25, -0.2) is 19.6 Å². The number of rotatable bonds is 8. The molecule has 1 aliphatic heterocycles. The van der Waals surface area contributed by atoms with E-state index < -0.39 is 18.0 Å². The Hall–Kier alpha value is -3.11. The van der Waals surface area contributed by atoms with Crippen LogP contribution >= 0.6 is 11.6 Å². The molecule has 0 radical (unpaired) electrons. The molecule has 9 nitrogen and oxygen atoms in total. The number of hydrogen-bond donors (Lipinski definition) is 3. The maximum absolute atomic E-state index is 14.3. The van der Waals surface area contributed by atoms with E-state index in [4.69, 9.17) is 20.8 Å². The molecule has 0 spiro atoms. The molecule has 1 aromatic carbocycles. The highest BCUT2D eigenvalue weighted by molar-refractivity contribution is 6.28. The summed E-state index contributed by atoms with van der Waals surface area (Å²) in [6, 6.07) is 7.56. The largest absolute Gasteiger partial charge is 0.448 e. The van der Waals surface area contributed by atoms with Crippen molar-refractivity contribution in [3.63, 3.8) is 0 Å². The Morgan fingerprint density at radius 2 is 2.24 bits per heavy atom. The Balaban J connectivity index is 1.53. The van der Waals surface area contributed by atoms with Crippen LogP contribution in [0, 0.1) is 5.82 Å². The topological polar surface area (TPSA) is 108 Å². The molecule has 3 rings (SSSR count). The zero-order valence-corrected chi connectivity index (χ0v) is 16.2. The van der Waals surface area contributed by atoms with Crippen LogP contribution in [0.3, 0.4) is 0 Å². The quantitative estimate of drug-likeness (QED) is 0.260. The molecule has 2 heterocycles. The zero-order valence-electron chi connectivity index (χ0n) is 15.4. The van der Waals surface area contributed by atoms with E-state index in [0.29, 0.717) is 23.2 Å². The molecule has 29 heavy (non-hydrogen) atoms. The van der Waals surface area contributed by atoms with Gasteiger partial charge in [-0.05, 0) is 41.9 Å². The maximum Gasteiger partial charge on any atom is 0.414 e. The first-order chi connectivity index (χ1) is 13.9. The first-order valence-corrected chi connectivity index (χ1v) is 9.07. The average Bonchev–Trinajstić information content (AvgIpc) is 3.26. The van der Waals surface area contributed by atoms with Crippen LogP contribution < -0.4 is 21.1 Å². The van der Waals surface area contributed by atoms with Crippen molar-refractivity contribution in [1.29, 1.82) is 0 Å². The zero-order chi connectivity index (χ0) is 20.8. The van der Waals surface area contributed by atoms with Crippen molar-refractivity contribution in [3.8, 4) is 0 Å². The predicted octanol–water partition coefficient (Wildman–Crippen LogP) is 2.49. The highest BCUT2D eigenvalue weighted by Gasteiger charge is 2.32. The third-order valence-electron chi connectivity index (χ3n) is 3.96. The molecule has 1 saturated heterocycles. The van der Waals surface area contributed by atoms with Crippen molar-refractivity contribution in [3.05, 3.63) is 47.1 Å². The highest BCUT2D eigenvalue weighted by Crippen LogP contribution is 2.27. The van der Waals surface area contributed by atoms with Crippen LogP contribution in [0.4, 0.5) is 20.6 Å². The van der Waals surface area contributed by atoms with Gasteiger partial charge in [-0.1, -0.05) is 0 Å². The summed E-state index contributed by atoms with van der Waals surface area (Å²) in [5.41, 5.74) is 5.95. The van der Waals surface area contributed by atoms with Crippen LogP contribution in [0.15, 0.2) is 39.7 Å². The van der Waals surface area contributed by atoms with Crippen molar-refractivity contribution in [2.45, 2.75) is 19.6 Å². The lowest BCUT2D eigenvalue weighted by molar-refractivity contribution is -0.119. The van der Waals surface area contributed by atoms with Crippen LogP contribution in [0.1, 0.15) is 12.7 Å². The number of benzene rings is 1. The summed E-state index contributed by atoms with van der Waals surface area (Å²) in [5, 5.41) is 2.88. The number of nitrogens with zero attached hydrogens (tertiary/aromatic N) is 2. The third kappa shape index (κ3) is 5.69. The van der Waals surface area contributed by atoms with Crippen LogP contribution in [-0.2, 0) is 16.1 Å². The van der Waals surface area contributed by atoms with Crippen LogP contribution in [0.2, 0.25) is 5.22 Å². The van der Waals surface area contributed by atoms with Gasteiger partial charge in [0, 0.05) is 6.92 Å². The smallest absolute Gasteiger partial charge is 0.414 e. The molecule has 3 N–H and O–H groups in total. The molecular weight excluding hydrogens is 405 g/mol. The number of amides is 2. The van der Waals surface area contributed by atoms with Crippen molar-refractivity contribution >= 4 is 41.3 Å². The van der Waals surface area contributed by atoms with Gasteiger partial charge in [-0.2, -0.15) is 0 Å². The summed E-state index contributed by atoms with van der Waals surface area (Å²) in [4.78, 5) is 28.2. The normalized spacial score (nSPS) is 16.3. The van der Waals surface area contributed by atoms with Crippen molar-refractivity contribution < 1.29 is 23.1 Å². The lowest BCUT2D eigenvalue weighted by atomic mass is 10.2. The molecule has 1 fully saturated rings. The Morgan fingerprint density at radius 1 is 1.41 bits per heavy atom. The summed E-state index contributed by atoms with van der Waals surface area (Å²) in [5.74, 6) is -0.193. The molecule has 1 atom stereocenters. The van der Waals surface area contributed by atoms with Gasteiger partial charge in [-0.3, -0.25) is 9.69 Å². The van der Waals surface area contributed by atoms with E-state index in [2.05, 4.69) is 21.2 Å². The Kier molecular flexibility index (Phi) is 6.68. The minimum absolute atomic E-state index is 0.0893. The number of halogens is 2. The summed E-state index contributed by atoms with van der Waals surface area (Å²) in [6.07, 6.45) is 0.197. The van der Waals surface area contributed by atoms with Gasteiger partial charge >= 0.3 is 6.09 Å². The number of furan rings is 1. The van der Waals surface area contributed by atoms with E-state index in [1.54, 1.807) is 18.2 Å². The lowest BCUT2D eigenvalue weighted by Gasteiger charge is -2.13. The minimum Gasteiger partial charge on any atom is -0.448 e. The molecule has 2 amide bonds. The van der Waals surface area contributed by atoms with E-state index >= 15 is 0 Å². The van der Waals surface area contributed by atoms with E-state index in [9.17, 15) is 14.0 Å². The third-order valence-corrected chi connectivity index (χ3v) is 4.16. The highest BCUT2D eigenvalue weighted by atomic mass is 35.5. The fourth-order valence-corrected chi connectivity index (χ4v) is 2.76. The lowest BCUT2D eigenvalue weighted by Crippen LogP contribution is -2.33. The van der Waals surface area contributed by atoms with Crippen LogP contribution in [0.25, 0.3) is 0 Å². The number of nitrogens with one attached hydrogen (secondary N) is 3. The summed E-state index contributed by atoms with van der Waals surface area (Å²) >= 11 is 5.67. The van der Waals surface area contributed by atoms with Crippen molar-refractivity contribution in [2.75, 3.05) is 18.0 Å². The van der Waals surface area contributed by atoms with Gasteiger partial charge in [0.2, 0.25) is 5.91 Å². The molecule has 0 unspecified atom stereocenters. The van der Waals surface area contributed by atoms with Gasteiger partial charge in [0.15, 0.2) is 11.0 Å². The van der Waals surface area contributed by atoms with Crippen molar-refractivity contribution in [2.24, 2.45) is 4.99 Å². The van der Waals surface area contributed by atoms with Gasteiger partial charge in [0.25, 0.3) is 0 Å². The second-order valence-corrected chi connectivity index (χ2v) is 6.52. The monoisotopic (exact) mass is 423 g/mol. The molecule has 0 bridgehead atoms. The second-order valence-electron chi connectivity index (χ2n) is 6.15. The molecular formula is C18H19ClFN5O4. The minimum atomic E-state index is -0.600. The number of carbonyl (C=O) groups is 2. The average molecular weight is 424 g/mol. The van der Waals surface area contributed by atoms with Gasteiger partial charge in [0.1, 0.15) is 23.9 Å². The maximum atomic E-state index is 14.3. The molecule has 0 aliphatic carbocycles. The summed E-state index contributed by atoms with van der Waals surface area (Å²) in [6.45, 7) is 2.14. The number of cyclic esters (lactones) is 1. The molecule has 1 aromatic heterocycles. The van der Waals surface area contributed by atoms with Gasteiger partial charge in [-0.15, -0.1) is 0 Å². The Morgan fingerprint density at radius 3 is 2.93 bits per heavy atom. The predicted molar refractivity (Wildman–Crippen MR) is 105 cm³/mol. The standard InChI is InChI=1S/C18H19ClFN5O4/c1-11(26)21-7-14-9-25(18(27)29-14)12-2-4-16(15(20)6-12)22-10-24-23-8-13-3-5-17(19)28-13/h2-6,10,14,23H,7-9H2,1H3,(H,21,26)(H,22,24)/t14-/m0/s1. The number of anilines is 1. The van der Waals surface area contributed by atoms with Crippen LogP contribution in [0.5, 0.6) is 0 Å². The Labute approximate surface area is 170 Å². The number of hydrazine groups is 1. The number of aliphatic imine (C=N–C) groups is 1. The van der Waals surface area contributed by atoms with Gasteiger partial charge < -0.3 is 19.9 Å². The van der Waals surface area contributed by atoms with E-state index in [1.165, 1.54) is 30.3 Å². The van der Waals surface area contributed by atoms with Crippen LogP contribution in [-0.4, -0.2) is 37.5 Å². The first kappa shape index (κ1) is 20.6. The van der Waals surface area contributed by atoms with E-state index in [0.717, 1.165) is 0 Å². The van der Waals surface area contributed by atoms with Gasteiger partial charge in [0.05, 0.1) is 25.3 Å². The van der Waals surface area contributed by atoms with E-state index in [1.807, 2.05) is 0 Å². The number of hydrogen-bond acceptors (Lipinski definition) is 6. The summed E-state index contributed by atoms with van der Waals surface area (Å²) < 4.78 is 24.7. The molecule has 1 aliphatic rings. The first-order valence-electron chi connectivity index (χ1n) is 8.69. The number of ether oxygens (including phenoxy) is 1. The fraction of sp³-hybridized carbons (Fsp3) is 0.278. The summed E-state index contributed by atoms with van der Waals surface area (Å²) in [7, 11) is 0. The second kappa shape index (κ2) is 9.39. The molecule has 2 aromatic rings. The Bertz CT molecular complexity index is 919.